The Bertz CT molecular complexity index is 611. The summed E-state index contributed by atoms with van der Waals surface area (Å²) in [5, 5.41) is 3.51. The Kier molecular flexibility index (Phi) is 4.99. The van der Waals surface area contributed by atoms with E-state index < -0.39 is 0 Å². The normalized spacial score (nSPS) is 14.4. The van der Waals surface area contributed by atoms with E-state index in [1.165, 1.54) is 35.4 Å². The Morgan fingerprint density at radius 1 is 1.14 bits per heavy atom. The molecular weight excluding hydrogens is 349 g/mol. The summed E-state index contributed by atoms with van der Waals surface area (Å²) in [7, 11) is 0. The lowest BCUT2D eigenvalue weighted by atomic mass is 10.2. The van der Waals surface area contributed by atoms with E-state index in [4.69, 9.17) is 0 Å². The van der Waals surface area contributed by atoms with Crippen molar-refractivity contribution in [3.8, 4) is 0 Å². The average molecular weight is 366 g/mol. The van der Waals surface area contributed by atoms with Gasteiger partial charge in [-0.15, -0.1) is 11.8 Å². The zero-order valence-corrected chi connectivity index (χ0v) is 14.0. The molecule has 0 bridgehead atoms. The van der Waals surface area contributed by atoms with Crippen LogP contribution in [0.2, 0.25) is 0 Å². The molecule has 2 aromatic rings. The summed E-state index contributed by atoms with van der Waals surface area (Å²) in [5.74, 6) is 0.628. The molecule has 110 valence electrons. The minimum absolute atomic E-state index is 0.205. The topological polar surface area (TPSA) is 12.0 Å². The molecule has 1 saturated carbocycles. The highest BCUT2D eigenvalue weighted by atomic mass is 79.9. The van der Waals surface area contributed by atoms with Crippen molar-refractivity contribution < 1.29 is 4.39 Å². The van der Waals surface area contributed by atoms with E-state index in [0.717, 1.165) is 28.4 Å². The molecule has 1 aliphatic rings. The first-order valence-electron chi connectivity index (χ1n) is 7.10. The first-order valence-corrected chi connectivity index (χ1v) is 8.87. The molecule has 3 rings (SSSR count). The zero-order valence-electron chi connectivity index (χ0n) is 11.6. The molecule has 0 spiro atoms. The smallest absolute Gasteiger partial charge is 0.124 e. The summed E-state index contributed by atoms with van der Waals surface area (Å²) in [5.41, 5.74) is 2.44. The second-order valence-electron chi connectivity index (χ2n) is 5.32. The lowest BCUT2D eigenvalue weighted by Gasteiger charge is -2.07. The van der Waals surface area contributed by atoms with Gasteiger partial charge in [0.1, 0.15) is 5.82 Å². The monoisotopic (exact) mass is 365 g/mol. The van der Waals surface area contributed by atoms with Crippen LogP contribution in [0.1, 0.15) is 24.0 Å². The number of rotatable bonds is 6. The minimum atomic E-state index is -0.205. The van der Waals surface area contributed by atoms with Crippen LogP contribution in [0.3, 0.4) is 0 Å². The standard InChI is InChI=1S/C17H17BrFNS/c18-17-9-14(19)4-3-13(17)11-21-16-7-1-12(2-8-16)10-20-15-5-6-15/h1-4,7-9,15,20H,5-6,10-11H2. The van der Waals surface area contributed by atoms with Gasteiger partial charge in [0, 0.05) is 27.7 Å². The first kappa shape index (κ1) is 15.1. The van der Waals surface area contributed by atoms with Gasteiger partial charge in [-0.3, -0.25) is 0 Å². The number of halogens is 2. The van der Waals surface area contributed by atoms with Crippen LogP contribution in [-0.4, -0.2) is 6.04 Å². The van der Waals surface area contributed by atoms with Gasteiger partial charge in [-0.25, -0.2) is 4.39 Å². The number of benzene rings is 2. The van der Waals surface area contributed by atoms with Crippen LogP contribution >= 0.6 is 27.7 Å². The van der Waals surface area contributed by atoms with Crippen molar-refractivity contribution >= 4 is 27.7 Å². The summed E-state index contributed by atoms with van der Waals surface area (Å²) >= 11 is 5.18. The van der Waals surface area contributed by atoms with Crippen molar-refractivity contribution in [2.24, 2.45) is 0 Å². The Hall–Kier alpha value is -0.840. The van der Waals surface area contributed by atoms with Crippen LogP contribution in [-0.2, 0) is 12.3 Å². The highest BCUT2D eigenvalue weighted by molar-refractivity contribution is 9.10. The van der Waals surface area contributed by atoms with Gasteiger partial charge in [-0.1, -0.05) is 34.1 Å². The van der Waals surface area contributed by atoms with Gasteiger partial charge in [0.15, 0.2) is 0 Å². The molecule has 0 atom stereocenters. The Morgan fingerprint density at radius 3 is 2.57 bits per heavy atom. The van der Waals surface area contributed by atoms with Crippen LogP contribution in [0, 0.1) is 5.82 Å². The van der Waals surface area contributed by atoms with Gasteiger partial charge in [-0.05, 0) is 48.2 Å². The predicted molar refractivity (Wildman–Crippen MR) is 90.0 cm³/mol. The molecule has 1 nitrogen and oxygen atoms in total. The maximum atomic E-state index is 13.0. The number of thioether (sulfide) groups is 1. The SMILES string of the molecule is Fc1ccc(CSc2ccc(CNC3CC3)cc2)c(Br)c1. The third-order valence-electron chi connectivity index (χ3n) is 3.51. The second-order valence-corrected chi connectivity index (χ2v) is 7.23. The van der Waals surface area contributed by atoms with E-state index in [1.54, 1.807) is 11.8 Å². The van der Waals surface area contributed by atoms with Gasteiger partial charge in [-0.2, -0.15) is 0 Å². The fourth-order valence-electron chi connectivity index (χ4n) is 2.05. The summed E-state index contributed by atoms with van der Waals surface area (Å²) < 4.78 is 13.9. The lowest BCUT2D eigenvalue weighted by molar-refractivity contribution is 0.626. The Morgan fingerprint density at radius 2 is 1.90 bits per heavy atom. The molecule has 0 radical (unpaired) electrons. The summed E-state index contributed by atoms with van der Waals surface area (Å²) in [4.78, 5) is 1.24. The molecule has 21 heavy (non-hydrogen) atoms. The largest absolute Gasteiger partial charge is 0.310 e. The average Bonchev–Trinajstić information content (AvgIpc) is 3.30. The highest BCUT2D eigenvalue weighted by Gasteiger charge is 2.19. The Labute approximate surface area is 137 Å². The third kappa shape index (κ3) is 4.56. The summed E-state index contributed by atoms with van der Waals surface area (Å²) in [6, 6.07) is 14.3. The lowest BCUT2D eigenvalue weighted by Crippen LogP contribution is -2.14. The maximum Gasteiger partial charge on any atom is 0.124 e. The van der Waals surface area contributed by atoms with Crippen LogP contribution in [0.25, 0.3) is 0 Å². The van der Waals surface area contributed by atoms with Gasteiger partial charge in [0.2, 0.25) is 0 Å². The predicted octanol–water partition coefficient (Wildman–Crippen LogP) is 5.13. The van der Waals surface area contributed by atoms with Gasteiger partial charge < -0.3 is 5.32 Å². The molecule has 0 aliphatic heterocycles. The third-order valence-corrected chi connectivity index (χ3v) is 5.30. The fraction of sp³-hybridized carbons (Fsp3) is 0.294. The van der Waals surface area contributed by atoms with Crippen molar-refractivity contribution in [1.82, 2.24) is 5.32 Å². The molecule has 1 fully saturated rings. The molecule has 0 amide bonds. The molecule has 1 N–H and O–H groups in total. The van der Waals surface area contributed by atoms with Crippen molar-refractivity contribution in [3.05, 3.63) is 63.9 Å². The van der Waals surface area contributed by atoms with Crippen LogP contribution in [0.4, 0.5) is 4.39 Å². The van der Waals surface area contributed by atoms with Crippen molar-refractivity contribution in [3.63, 3.8) is 0 Å². The summed E-state index contributed by atoms with van der Waals surface area (Å²) in [6.07, 6.45) is 2.64. The molecule has 0 saturated heterocycles. The fourth-order valence-corrected chi connectivity index (χ4v) is 3.63. The van der Waals surface area contributed by atoms with E-state index in [9.17, 15) is 4.39 Å². The molecule has 2 aromatic carbocycles. The highest BCUT2D eigenvalue weighted by Crippen LogP contribution is 2.28. The molecule has 0 heterocycles. The quantitative estimate of drug-likeness (QED) is 0.711. The number of nitrogens with one attached hydrogen (secondary N) is 1. The number of hydrogen-bond acceptors (Lipinski definition) is 2. The Balaban J connectivity index is 1.54. The van der Waals surface area contributed by atoms with Crippen molar-refractivity contribution in [2.75, 3.05) is 0 Å². The van der Waals surface area contributed by atoms with Gasteiger partial charge in [0.05, 0.1) is 0 Å². The molecular formula is C17H17BrFNS. The van der Waals surface area contributed by atoms with E-state index in [-0.39, 0.29) is 5.82 Å². The van der Waals surface area contributed by atoms with Gasteiger partial charge >= 0.3 is 0 Å². The summed E-state index contributed by atoms with van der Waals surface area (Å²) in [6.45, 7) is 0.957. The minimum Gasteiger partial charge on any atom is -0.310 e. The van der Waals surface area contributed by atoms with E-state index >= 15 is 0 Å². The van der Waals surface area contributed by atoms with Crippen molar-refractivity contribution in [2.45, 2.75) is 36.1 Å². The molecule has 4 heteroatoms. The van der Waals surface area contributed by atoms with Crippen molar-refractivity contribution in [1.29, 1.82) is 0 Å². The maximum absolute atomic E-state index is 13.0. The number of hydrogen-bond donors (Lipinski definition) is 1. The van der Waals surface area contributed by atoms with Crippen LogP contribution in [0.5, 0.6) is 0 Å². The molecule has 0 aromatic heterocycles. The molecule has 1 aliphatic carbocycles. The zero-order chi connectivity index (χ0) is 14.7. The van der Waals surface area contributed by atoms with Crippen LogP contribution in [0.15, 0.2) is 51.8 Å². The van der Waals surface area contributed by atoms with Gasteiger partial charge in [0.25, 0.3) is 0 Å². The van der Waals surface area contributed by atoms with E-state index in [2.05, 4.69) is 45.5 Å². The second kappa shape index (κ2) is 6.95. The van der Waals surface area contributed by atoms with Crippen LogP contribution < -0.4 is 5.32 Å². The molecule has 0 unspecified atom stereocenters. The first-order chi connectivity index (χ1) is 10.2. The van der Waals surface area contributed by atoms with E-state index in [0.29, 0.717) is 0 Å². The van der Waals surface area contributed by atoms with E-state index in [1.807, 2.05) is 6.07 Å².